The Labute approximate surface area is 213 Å². The van der Waals surface area contributed by atoms with Crippen LogP contribution in [0.15, 0.2) is 60.9 Å². The van der Waals surface area contributed by atoms with Gasteiger partial charge in [-0.1, -0.05) is 55.8 Å². The van der Waals surface area contributed by atoms with Crippen LogP contribution in [0.25, 0.3) is 0 Å². The van der Waals surface area contributed by atoms with Crippen LogP contribution in [0.4, 0.5) is 0 Å². The van der Waals surface area contributed by atoms with Crippen molar-refractivity contribution in [2.45, 2.75) is 66.0 Å². The highest BCUT2D eigenvalue weighted by Gasteiger charge is 2.17. The maximum atomic E-state index is 4.37. The van der Waals surface area contributed by atoms with Crippen molar-refractivity contribution in [2.75, 3.05) is 27.7 Å². The lowest BCUT2D eigenvalue weighted by Gasteiger charge is -2.32. The van der Waals surface area contributed by atoms with E-state index >= 15 is 0 Å². The first-order chi connectivity index (χ1) is 17.1. The van der Waals surface area contributed by atoms with Gasteiger partial charge in [-0.25, -0.2) is 10.0 Å². The molecule has 5 nitrogen and oxygen atoms in total. The Kier molecular flexibility index (Phi) is 13.2. The maximum Gasteiger partial charge on any atom is 0.0462 e. The van der Waals surface area contributed by atoms with E-state index in [1.807, 2.05) is 45.4 Å². The summed E-state index contributed by atoms with van der Waals surface area (Å²) in [5.74, 6) is 0. The van der Waals surface area contributed by atoms with Gasteiger partial charge in [-0.2, -0.15) is 0 Å². The molecule has 0 bridgehead atoms. The molecule has 0 unspecified atom stereocenters. The van der Waals surface area contributed by atoms with Crippen LogP contribution in [0.2, 0.25) is 0 Å². The molecule has 0 saturated heterocycles. The van der Waals surface area contributed by atoms with Crippen molar-refractivity contribution in [3.8, 4) is 0 Å². The summed E-state index contributed by atoms with van der Waals surface area (Å²) in [6, 6.07) is 17.0. The van der Waals surface area contributed by atoms with E-state index in [1.54, 1.807) is 0 Å². The van der Waals surface area contributed by atoms with E-state index in [2.05, 4.69) is 82.7 Å². The molecule has 1 aromatic carbocycles. The number of nitrogens with zero attached hydrogens (tertiary/aromatic N) is 4. The molecule has 3 heterocycles. The molecule has 0 spiro atoms. The Morgan fingerprint density at radius 3 is 2.03 bits per heavy atom. The fraction of sp³-hybridized carbons (Fsp3) is 0.467. The second-order valence-corrected chi connectivity index (χ2v) is 8.93. The number of pyridine rings is 2. The number of hydrazine groups is 1. The number of aromatic nitrogens is 2. The number of rotatable bonds is 3. The van der Waals surface area contributed by atoms with Gasteiger partial charge in [0.2, 0.25) is 0 Å². The monoisotopic (exact) mass is 475 g/mol. The highest BCUT2D eigenvalue weighted by molar-refractivity contribution is 5.23. The van der Waals surface area contributed by atoms with Crippen LogP contribution in [-0.2, 0) is 32.4 Å². The summed E-state index contributed by atoms with van der Waals surface area (Å²) in [6.07, 6.45) is 9.94. The SMILES string of the molecule is CC.CN(C)N1CCc2ncccc2C1.CNCc1ccc(C)cc1.c1cnc2c(c1)CCCC2. The topological polar surface area (TPSA) is 44.3 Å². The first kappa shape index (κ1) is 28.6. The fourth-order valence-electron chi connectivity index (χ4n) is 4.13. The molecular formula is C30H45N5. The molecule has 2 aliphatic rings. The highest BCUT2D eigenvalue weighted by Crippen LogP contribution is 2.18. The fourth-order valence-corrected chi connectivity index (χ4v) is 4.13. The summed E-state index contributed by atoms with van der Waals surface area (Å²) in [5, 5.41) is 7.58. The normalized spacial score (nSPS) is 14.1. The van der Waals surface area contributed by atoms with Crippen LogP contribution in [0, 0.1) is 6.92 Å². The van der Waals surface area contributed by atoms with Crippen molar-refractivity contribution in [1.29, 1.82) is 0 Å². The average Bonchev–Trinajstić information content (AvgIpc) is 2.92. The summed E-state index contributed by atoms with van der Waals surface area (Å²) in [4.78, 5) is 8.69. The lowest BCUT2D eigenvalue weighted by atomic mass is 9.96. The molecule has 1 N–H and O–H groups in total. The summed E-state index contributed by atoms with van der Waals surface area (Å²) < 4.78 is 0. The molecule has 35 heavy (non-hydrogen) atoms. The molecular weight excluding hydrogens is 430 g/mol. The first-order valence-electron chi connectivity index (χ1n) is 13.0. The third kappa shape index (κ3) is 9.88. The average molecular weight is 476 g/mol. The minimum atomic E-state index is 0.959. The molecule has 0 fully saturated rings. The Hall–Kier alpha value is -2.60. The van der Waals surface area contributed by atoms with Crippen molar-refractivity contribution >= 4 is 0 Å². The minimum absolute atomic E-state index is 0.959. The molecule has 2 aromatic heterocycles. The van der Waals surface area contributed by atoms with Gasteiger partial charge in [0.1, 0.15) is 0 Å². The van der Waals surface area contributed by atoms with Crippen molar-refractivity contribution in [3.63, 3.8) is 0 Å². The smallest absolute Gasteiger partial charge is 0.0462 e. The van der Waals surface area contributed by atoms with Gasteiger partial charge < -0.3 is 5.32 Å². The molecule has 5 heteroatoms. The molecule has 190 valence electrons. The van der Waals surface area contributed by atoms with E-state index in [-0.39, 0.29) is 0 Å². The molecule has 1 aliphatic carbocycles. The largest absolute Gasteiger partial charge is 0.316 e. The minimum Gasteiger partial charge on any atom is -0.316 e. The lowest BCUT2D eigenvalue weighted by molar-refractivity contribution is 0.0105. The van der Waals surface area contributed by atoms with Gasteiger partial charge in [0.05, 0.1) is 0 Å². The van der Waals surface area contributed by atoms with Crippen molar-refractivity contribution in [2.24, 2.45) is 0 Å². The summed E-state index contributed by atoms with van der Waals surface area (Å²) in [5.41, 5.74) is 8.08. The second-order valence-electron chi connectivity index (χ2n) is 8.93. The Balaban J connectivity index is 0.000000181. The highest BCUT2D eigenvalue weighted by atomic mass is 15.6. The summed E-state index contributed by atoms with van der Waals surface area (Å²) >= 11 is 0. The zero-order valence-electron chi connectivity index (χ0n) is 22.7. The van der Waals surface area contributed by atoms with E-state index in [0.29, 0.717) is 0 Å². The van der Waals surface area contributed by atoms with Gasteiger partial charge in [-0.3, -0.25) is 9.97 Å². The van der Waals surface area contributed by atoms with Crippen molar-refractivity contribution in [1.82, 2.24) is 25.3 Å². The van der Waals surface area contributed by atoms with Crippen molar-refractivity contribution < 1.29 is 0 Å². The standard InChI is InChI=1S/C10H15N3.C9H11N.C9H13N.C2H6/c1-12(2)13-7-5-10-9(8-13)4-3-6-11-10;1-2-6-9-8(4-1)5-3-7-10-9;1-8-3-5-9(6-4-8)7-10-2;1-2/h3-4,6H,5,7-8H2,1-2H3;3,5,7H,1-2,4,6H2;3-6,10H,7H2,1-2H3;1-2H3. The number of hydrogen-bond acceptors (Lipinski definition) is 5. The third-order valence-corrected chi connectivity index (χ3v) is 6.11. The van der Waals surface area contributed by atoms with Crippen LogP contribution in [0.3, 0.4) is 0 Å². The van der Waals surface area contributed by atoms with Gasteiger partial charge in [0.15, 0.2) is 0 Å². The quantitative estimate of drug-likeness (QED) is 0.533. The van der Waals surface area contributed by atoms with Gasteiger partial charge in [-0.05, 0) is 68.5 Å². The maximum absolute atomic E-state index is 4.37. The molecule has 3 aromatic rings. The number of benzene rings is 1. The Morgan fingerprint density at radius 2 is 1.43 bits per heavy atom. The zero-order valence-corrected chi connectivity index (χ0v) is 22.7. The molecule has 0 atom stereocenters. The van der Waals surface area contributed by atoms with Gasteiger partial charge in [0, 0.05) is 63.9 Å². The second kappa shape index (κ2) is 16.1. The molecule has 0 radical (unpaired) electrons. The Bertz CT molecular complexity index is 943. The molecule has 5 rings (SSSR count). The molecule has 0 saturated carbocycles. The number of aryl methyl sites for hydroxylation is 3. The van der Waals surface area contributed by atoms with Crippen LogP contribution in [0.5, 0.6) is 0 Å². The summed E-state index contributed by atoms with van der Waals surface area (Å²) in [7, 11) is 6.13. The van der Waals surface area contributed by atoms with Crippen LogP contribution >= 0.6 is 0 Å². The summed E-state index contributed by atoms with van der Waals surface area (Å²) in [6.45, 7) is 9.14. The van der Waals surface area contributed by atoms with E-state index in [4.69, 9.17) is 0 Å². The number of fused-ring (bicyclic) bond motifs is 2. The predicted molar refractivity (Wildman–Crippen MR) is 148 cm³/mol. The first-order valence-corrected chi connectivity index (χ1v) is 13.0. The third-order valence-electron chi connectivity index (χ3n) is 6.11. The van der Waals surface area contributed by atoms with Crippen LogP contribution in [-0.4, -0.2) is 47.7 Å². The van der Waals surface area contributed by atoms with E-state index in [0.717, 1.165) is 26.1 Å². The zero-order chi connectivity index (χ0) is 25.5. The van der Waals surface area contributed by atoms with E-state index in [9.17, 15) is 0 Å². The molecule has 0 amide bonds. The van der Waals surface area contributed by atoms with Crippen LogP contribution in [0.1, 0.15) is 60.3 Å². The van der Waals surface area contributed by atoms with E-state index in [1.165, 1.54) is 59.3 Å². The Morgan fingerprint density at radius 1 is 0.829 bits per heavy atom. The number of hydrogen-bond donors (Lipinski definition) is 1. The van der Waals surface area contributed by atoms with Gasteiger partial charge >= 0.3 is 0 Å². The number of nitrogens with one attached hydrogen (secondary N) is 1. The van der Waals surface area contributed by atoms with E-state index < -0.39 is 0 Å². The van der Waals surface area contributed by atoms with Gasteiger partial charge in [-0.15, -0.1) is 0 Å². The van der Waals surface area contributed by atoms with Crippen molar-refractivity contribution in [3.05, 3.63) is 94.6 Å². The van der Waals surface area contributed by atoms with Gasteiger partial charge in [0.25, 0.3) is 0 Å². The molecule has 1 aliphatic heterocycles. The van der Waals surface area contributed by atoms with Crippen LogP contribution < -0.4 is 5.32 Å². The predicted octanol–water partition coefficient (Wildman–Crippen LogP) is 5.62. The lowest BCUT2D eigenvalue weighted by Crippen LogP contribution is -2.40.